The number of aliphatic hydroxyl groups is 2. The highest BCUT2D eigenvalue weighted by molar-refractivity contribution is 7.47. The Morgan fingerprint density at radius 1 is 0.822 bits per heavy atom. The molecule has 242 valence electrons. The lowest BCUT2D eigenvalue weighted by molar-refractivity contribution is -0.0672. The third-order valence-corrected chi connectivity index (χ3v) is 9.27. The topological polar surface area (TPSA) is 324 Å². The Balaban J connectivity index is 1.21. The SMILES string of the molecule is Nc1nc2c(ncn2[C@@H]2O[C@@H]3COP(=O)(O)O[C@H]4[C@@H](O)[C@H](n5cnc6c(=O)[nH]cnc65)O[C@@H]4COP(=O)(O)O[C@@H]2[C@@H]3O)c(=O)[nH]1. The molecule has 0 aliphatic carbocycles. The molecule has 4 aromatic rings. The van der Waals surface area contributed by atoms with Crippen molar-refractivity contribution in [2.75, 3.05) is 18.9 Å². The van der Waals surface area contributed by atoms with Crippen LogP contribution in [0.3, 0.4) is 0 Å². The van der Waals surface area contributed by atoms with Crippen LogP contribution in [-0.4, -0.2) is 109 Å². The summed E-state index contributed by atoms with van der Waals surface area (Å²) in [6.45, 7) is -1.70. The number of H-pyrrole nitrogens is 2. The van der Waals surface area contributed by atoms with Crippen LogP contribution in [0, 0.1) is 0 Å². The second-order valence-corrected chi connectivity index (χ2v) is 12.9. The number of rotatable bonds is 2. The van der Waals surface area contributed by atoms with Crippen LogP contribution in [0.2, 0.25) is 0 Å². The highest BCUT2D eigenvalue weighted by atomic mass is 31.2. The van der Waals surface area contributed by atoms with Crippen LogP contribution in [-0.2, 0) is 36.7 Å². The predicted octanol–water partition coefficient (Wildman–Crippen LogP) is -2.63. The van der Waals surface area contributed by atoms with Crippen LogP contribution in [0.4, 0.5) is 5.95 Å². The van der Waals surface area contributed by atoms with Crippen molar-refractivity contribution in [3.63, 3.8) is 0 Å². The molecule has 7 heterocycles. The molecule has 45 heavy (non-hydrogen) atoms. The lowest BCUT2D eigenvalue weighted by atomic mass is 10.1. The number of nitrogens with one attached hydrogen (secondary N) is 2. The zero-order chi connectivity index (χ0) is 31.8. The van der Waals surface area contributed by atoms with Gasteiger partial charge in [0.05, 0.1) is 32.2 Å². The monoisotopic (exact) mass is 675 g/mol. The minimum absolute atomic E-state index is 0.0175. The van der Waals surface area contributed by atoms with Gasteiger partial charge in [-0.15, -0.1) is 0 Å². The van der Waals surface area contributed by atoms with Crippen LogP contribution in [0.25, 0.3) is 22.3 Å². The fourth-order valence-electron chi connectivity index (χ4n) is 5.29. The zero-order valence-electron chi connectivity index (χ0n) is 22.3. The highest BCUT2D eigenvalue weighted by Gasteiger charge is 2.54. The van der Waals surface area contributed by atoms with E-state index in [1.54, 1.807) is 0 Å². The number of nitrogens with zero attached hydrogens (tertiary/aromatic N) is 6. The molecule has 3 aliphatic rings. The number of hydrogen-bond acceptors (Lipinski definition) is 17. The quantitative estimate of drug-likeness (QED) is 0.107. The Morgan fingerprint density at radius 3 is 2.13 bits per heavy atom. The maximum atomic E-state index is 13.2. The van der Waals surface area contributed by atoms with E-state index in [2.05, 4.69) is 29.9 Å². The highest BCUT2D eigenvalue weighted by Crippen LogP contribution is 2.53. The fraction of sp³-hybridized carbons (Fsp3) is 0.500. The van der Waals surface area contributed by atoms with Crippen molar-refractivity contribution in [1.29, 1.82) is 0 Å². The molecule has 25 heteroatoms. The van der Waals surface area contributed by atoms with Gasteiger partial charge in [0.15, 0.2) is 34.8 Å². The van der Waals surface area contributed by atoms with E-state index in [0.29, 0.717) is 0 Å². The van der Waals surface area contributed by atoms with Crippen molar-refractivity contribution in [2.45, 2.75) is 49.1 Å². The molecule has 0 spiro atoms. The summed E-state index contributed by atoms with van der Waals surface area (Å²) in [6, 6.07) is 0. The third kappa shape index (κ3) is 5.31. The van der Waals surface area contributed by atoms with Crippen LogP contribution >= 0.6 is 15.6 Å². The molecular weight excluding hydrogens is 652 g/mol. The first kappa shape index (κ1) is 30.2. The summed E-state index contributed by atoms with van der Waals surface area (Å²) < 4.78 is 60.7. The summed E-state index contributed by atoms with van der Waals surface area (Å²) in [5.74, 6) is -0.292. The van der Waals surface area contributed by atoms with E-state index in [-0.39, 0.29) is 28.3 Å². The van der Waals surface area contributed by atoms with E-state index >= 15 is 0 Å². The van der Waals surface area contributed by atoms with Gasteiger partial charge in [-0.3, -0.25) is 41.8 Å². The van der Waals surface area contributed by atoms with Gasteiger partial charge in [-0.1, -0.05) is 0 Å². The largest absolute Gasteiger partial charge is 0.472 e. The number of fused-ring (bicyclic) bond motifs is 5. The number of ether oxygens (including phenoxy) is 2. The number of hydrogen-bond donors (Lipinski definition) is 7. The molecule has 0 radical (unpaired) electrons. The smallest absolute Gasteiger partial charge is 0.387 e. The summed E-state index contributed by atoms with van der Waals surface area (Å²) >= 11 is 0. The molecular formula is C20H23N9O14P2. The average molecular weight is 675 g/mol. The average Bonchev–Trinajstić information content (AvgIpc) is 3.72. The van der Waals surface area contributed by atoms with Crippen molar-refractivity contribution < 1.29 is 56.7 Å². The standard InChI is InChI=1S/C20H23N9O14P2/c21-20-26-15-9(17(33)27-20)25-5-29(15)19-13-10(30)6(40-19)1-38-44(34,35)42-12-7(2-39-45(36,37)43-13)41-18(11(12)31)28-4-24-8-14(28)22-3-23-16(8)32/h3-7,10-13,18-19,30-31H,1-2H2,(H,34,35)(H,36,37)(H,22,23,32)(H3,21,26,27,33)/t6-,7-,10-,11-,12-,13-,18-,19-/m1/s1. The maximum absolute atomic E-state index is 13.2. The van der Waals surface area contributed by atoms with Crippen molar-refractivity contribution in [3.05, 3.63) is 39.7 Å². The van der Waals surface area contributed by atoms with Crippen LogP contribution < -0.4 is 16.9 Å². The molecule has 2 unspecified atom stereocenters. The second-order valence-electron chi connectivity index (χ2n) is 10.1. The van der Waals surface area contributed by atoms with Gasteiger partial charge in [0, 0.05) is 0 Å². The molecule has 2 bridgehead atoms. The molecule has 3 fully saturated rings. The van der Waals surface area contributed by atoms with Crippen molar-refractivity contribution >= 4 is 43.9 Å². The van der Waals surface area contributed by atoms with E-state index in [1.165, 1.54) is 0 Å². The van der Waals surface area contributed by atoms with E-state index in [9.17, 15) is 38.7 Å². The Labute approximate surface area is 247 Å². The van der Waals surface area contributed by atoms with Crippen LogP contribution in [0.5, 0.6) is 0 Å². The molecule has 3 saturated heterocycles. The van der Waals surface area contributed by atoms with Gasteiger partial charge in [-0.2, -0.15) is 4.98 Å². The van der Waals surface area contributed by atoms with Gasteiger partial charge in [-0.05, 0) is 0 Å². The first-order valence-electron chi connectivity index (χ1n) is 12.9. The van der Waals surface area contributed by atoms with Crippen molar-refractivity contribution in [3.8, 4) is 0 Å². The van der Waals surface area contributed by atoms with Crippen molar-refractivity contribution in [2.24, 2.45) is 0 Å². The Bertz CT molecular complexity index is 2000. The normalized spacial score (nSPS) is 37.7. The molecule has 7 rings (SSSR count). The molecule has 0 amide bonds. The van der Waals surface area contributed by atoms with Gasteiger partial charge < -0.3 is 40.2 Å². The number of aromatic nitrogens is 8. The molecule has 8 N–H and O–H groups in total. The summed E-state index contributed by atoms with van der Waals surface area (Å²) in [5.41, 5.74) is 3.90. The van der Waals surface area contributed by atoms with E-state index < -0.39 is 89.1 Å². The van der Waals surface area contributed by atoms with Gasteiger partial charge >= 0.3 is 15.6 Å². The lowest BCUT2D eigenvalue weighted by Gasteiger charge is -2.25. The number of phosphoric acid groups is 2. The summed E-state index contributed by atoms with van der Waals surface area (Å²) in [6.07, 6.45) is -9.64. The fourth-order valence-corrected chi connectivity index (χ4v) is 7.19. The first-order valence-corrected chi connectivity index (χ1v) is 15.9. The number of phosphoric ester groups is 2. The second kappa shape index (κ2) is 10.8. The zero-order valence-corrected chi connectivity index (χ0v) is 24.1. The number of anilines is 1. The number of aliphatic hydroxyl groups excluding tert-OH is 2. The van der Waals surface area contributed by atoms with Crippen LogP contribution in [0.1, 0.15) is 12.5 Å². The van der Waals surface area contributed by atoms with Gasteiger partial charge in [0.1, 0.15) is 36.6 Å². The summed E-state index contributed by atoms with van der Waals surface area (Å²) in [4.78, 5) is 66.1. The van der Waals surface area contributed by atoms with E-state index in [1.807, 2.05) is 0 Å². The molecule has 23 nitrogen and oxygen atoms in total. The number of nitrogens with two attached hydrogens (primary N) is 1. The molecule has 10 atom stereocenters. The summed E-state index contributed by atoms with van der Waals surface area (Å²) in [5, 5.41) is 22.1. The minimum Gasteiger partial charge on any atom is -0.387 e. The van der Waals surface area contributed by atoms with Gasteiger partial charge in [0.25, 0.3) is 11.1 Å². The molecule has 3 aliphatic heterocycles. The van der Waals surface area contributed by atoms with Gasteiger partial charge in [0.2, 0.25) is 5.95 Å². The Hall–Kier alpha value is -3.44. The lowest BCUT2D eigenvalue weighted by Crippen LogP contribution is -2.36. The Morgan fingerprint density at radius 2 is 1.42 bits per heavy atom. The van der Waals surface area contributed by atoms with Crippen LogP contribution in [0.15, 0.2) is 28.6 Å². The summed E-state index contributed by atoms with van der Waals surface area (Å²) in [7, 11) is -10.2. The first-order chi connectivity index (χ1) is 21.3. The third-order valence-electron chi connectivity index (χ3n) is 7.30. The number of nitrogen functional groups attached to an aromatic ring is 1. The number of imidazole rings is 2. The molecule has 0 saturated carbocycles. The van der Waals surface area contributed by atoms with Crippen molar-refractivity contribution in [1.82, 2.24) is 39.0 Å². The molecule has 0 aromatic carbocycles. The minimum atomic E-state index is -5.13. The van der Waals surface area contributed by atoms with Gasteiger partial charge in [-0.25, -0.2) is 24.1 Å². The number of aromatic amines is 2. The predicted molar refractivity (Wildman–Crippen MR) is 142 cm³/mol. The van der Waals surface area contributed by atoms with E-state index in [4.69, 9.17) is 33.3 Å². The van der Waals surface area contributed by atoms with E-state index in [0.717, 1.165) is 28.1 Å². The molecule has 4 aromatic heterocycles. The maximum Gasteiger partial charge on any atom is 0.472 e. The Kier molecular flexibility index (Phi) is 7.27.